The molecule has 2 aliphatic rings. The maximum Gasteiger partial charge on any atom is 0.314 e. The minimum atomic E-state index is -0.531. The number of nitrogens with two attached hydrogens (primary N) is 1. The molecule has 0 bridgehead atoms. The number of ether oxygens (including phenoxy) is 3. The molecule has 4 unspecified atom stereocenters. The fourth-order valence-corrected chi connectivity index (χ4v) is 10.1. The van der Waals surface area contributed by atoms with E-state index >= 15 is 0 Å². The van der Waals surface area contributed by atoms with Gasteiger partial charge in [-0.3, -0.25) is 23.3 Å². The SMILES string of the molecule is CC(C)C(CCC(=O)OC(C)(C)C)C(=O)OC[N+](C)(C)C(C)CN1c2ccccc2Sc2ccccc21.CC(C)C(CN)C(=O)OC[N+](C)(C)C(C)CN1c2ccccc2Sc2ccccc21.Cl.Cl.Cl. The second-order valence-electron chi connectivity index (χ2n) is 20.8. The molecule has 4 atom stereocenters. The predicted octanol–water partition coefficient (Wildman–Crippen LogP) is 12.4. The molecule has 16 heteroatoms. The number of hydrogen-bond acceptors (Lipinski definition) is 11. The maximum absolute atomic E-state index is 13.1. The largest absolute Gasteiger partial charge is 0.460 e. The minimum Gasteiger partial charge on any atom is -0.460 e. The lowest BCUT2D eigenvalue weighted by Crippen LogP contribution is -2.53. The number of hydrogen-bond donors (Lipinski definition) is 1. The number of quaternary nitrogens is 2. The lowest BCUT2D eigenvalue weighted by Gasteiger charge is -2.40. The van der Waals surface area contributed by atoms with Crippen LogP contribution in [0.5, 0.6) is 0 Å². The first-order valence-electron chi connectivity index (χ1n) is 23.7. The van der Waals surface area contributed by atoms with Gasteiger partial charge in [0.2, 0.25) is 13.5 Å². The summed E-state index contributed by atoms with van der Waals surface area (Å²) < 4.78 is 18.1. The standard InChI is InChI=1S/C30H43N2O4S.C24H34N3O2S.3ClH/c1-21(2)23(17-18-28(33)36-30(4,5)6)29(34)35-20-32(7,8)22(3)19-31-24-13-9-11-15-26(24)37-27-16-12-10-14-25(27)31;1-17(2)19(14-25)24(28)29-16-27(4,5)18(3)15-26-20-10-6-8-12-22(20)30-23-13-9-7-11-21(23)26;;;/h9-16,21-23H,17-20H2,1-8H3;6-13,17-19H,14-16,25H2,1-5H3;3*1H/q2*+1;;;. The summed E-state index contributed by atoms with van der Waals surface area (Å²) in [6.07, 6.45) is 0.628. The number of carbonyl (C=O) groups is 3. The highest BCUT2D eigenvalue weighted by Gasteiger charge is 2.35. The number of nitrogens with zero attached hydrogens (tertiary/aromatic N) is 4. The van der Waals surface area contributed by atoms with Crippen LogP contribution in [0.25, 0.3) is 0 Å². The third-order valence-electron chi connectivity index (χ3n) is 13.0. The highest BCUT2D eigenvalue weighted by Crippen LogP contribution is 2.49. The fraction of sp³-hybridized carbons (Fsp3) is 0.500. The summed E-state index contributed by atoms with van der Waals surface area (Å²) in [4.78, 5) is 47.5. The second-order valence-corrected chi connectivity index (χ2v) is 23.0. The summed E-state index contributed by atoms with van der Waals surface area (Å²) >= 11 is 3.62. The van der Waals surface area contributed by atoms with Crippen LogP contribution in [-0.2, 0) is 28.6 Å². The number of benzene rings is 4. The van der Waals surface area contributed by atoms with E-state index < -0.39 is 5.60 Å². The number of likely N-dealkylation sites (N-methyl/N-ethyl adjacent to an activating group) is 2. The second kappa shape index (κ2) is 27.4. The van der Waals surface area contributed by atoms with Crippen molar-refractivity contribution in [2.45, 2.75) is 112 Å². The van der Waals surface area contributed by atoms with Crippen LogP contribution in [0.2, 0.25) is 0 Å². The van der Waals surface area contributed by atoms with Crippen LogP contribution in [0.15, 0.2) is 117 Å². The zero-order valence-corrected chi connectivity index (χ0v) is 47.6. The number of anilines is 4. The molecule has 0 radical (unpaired) electrons. The Morgan fingerprint density at radius 3 is 1.17 bits per heavy atom. The summed E-state index contributed by atoms with van der Waals surface area (Å²) in [6.45, 7) is 20.5. The van der Waals surface area contributed by atoms with Gasteiger partial charge in [0.25, 0.3) is 0 Å². The number of halogens is 3. The number of para-hydroxylation sites is 4. The van der Waals surface area contributed by atoms with Crippen LogP contribution in [0.1, 0.15) is 75.2 Å². The predicted molar refractivity (Wildman–Crippen MR) is 296 cm³/mol. The third kappa shape index (κ3) is 16.7. The molecular weight excluding hydrogens is 985 g/mol. The number of carbonyl (C=O) groups excluding carboxylic acids is 3. The monoisotopic (exact) mass is 1060 g/mol. The van der Waals surface area contributed by atoms with E-state index in [0.717, 1.165) is 13.1 Å². The van der Waals surface area contributed by atoms with Crippen molar-refractivity contribution in [3.05, 3.63) is 97.1 Å². The third-order valence-corrected chi connectivity index (χ3v) is 15.2. The highest BCUT2D eigenvalue weighted by molar-refractivity contribution is 8.00. The van der Waals surface area contributed by atoms with Crippen LogP contribution in [0.4, 0.5) is 22.7 Å². The van der Waals surface area contributed by atoms with E-state index in [4.69, 9.17) is 19.9 Å². The van der Waals surface area contributed by atoms with Gasteiger partial charge in [0.05, 0.1) is 75.9 Å². The molecule has 2 heterocycles. The lowest BCUT2D eigenvalue weighted by molar-refractivity contribution is -0.927. The van der Waals surface area contributed by atoms with E-state index in [2.05, 4.69) is 149 Å². The molecule has 0 fully saturated rings. The molecule has 4 aromatic carbocycles. The van der Waals surface area contributed by atoms with Crippen LogP contribution in [-0.4, -0.2) is 106 Å². The van der Waals surface area contributed by atoms with Gasteiger partial charge in [-0.2, -0.15) is 0 Å². The zero-order valence-electron chi connectivity index (χ0n) is 43.5. The van der Waals surface area contributed by atoms with E-state index in [0.29, 0.717) is 28.7 Å². The average molecular weight is 1070 g/mol. The molecule has 2 N–H and O–H groups in total. The van der Waals surface area contributed by atoms with Crippen molar-refractivity contribution in [3.63, 3.8) is 0 Å². The van der Waals surface area contributed by atoms with Gasteiger partial charge in [-0.15, -0.1) is 37.2 Å². The summed E-state index contributed by atoms with van der Waals surface area (Å²) in [6, 6.07) is 34.5. The number of fused-ring (bicyclic) bond motifs is 4. The maximum atomic E-state index is 13.1. The molecule has 2 aliphatic heterocycles. The topological polar surface area (TPSA) is 111 Å². The van der Waals surface area contributed by atoms with Gasteiger partial charge in [0.1, 0.15) is 17.7 Å². The molecule has 11 nitrogen and oxygen atoms in total. The van der Waals surface area contributed by atoms with Crippen molar-refractivity contribution < 1.29 is 37.6 Å². The van der Waals surface area contributed by atoms with E-state index in [1.807, 2.05) is 60.2 Å². The quantitative estimate of drug-likeness (QED) is 0.0445. The Labute approximate surface area is 446 Å². The normalized spacial score (nSPS) is 14.5. The van der Waals surface area contributed by atoms with E-state index in [1.54, 1.807) is 11.8 Å². The van der Waals surface area contributed by atoms with Crippen LogP contribution in [0, 0.1) is 23.7 Å². The molecule has 6 rings (SSSR count). The smallest absolute Gasteiger partial charge is 0.314 e. The van der Waals surface area contributed by atoms with Gasteiger partial charge in [-0.05, 0) is 101 Å². The Morgan fingerprint density at radius 2 is 0.871 bits per heavy atom. The van der Waals surface area contributed by atoms with Gasteiger partial charge < -0.3 is 29.7 Å². The summed E-state index contributed by atoms with van der Waals surface area (Å²) in [7, 11) is 8.42. The van der Waals surface area contributed by atoms with Crippen molar-refractivity contribution in [1.29, 1.82) is 0 Å². The molecule has 0 spiro atoms. The molecule has 0 aromatic heterocycles. The van der Waals surface area contributed by atoms with Crippen molar-refractivity contribution in [1.82, 2.24) is 0 Å². The summed E-state index contributed by atoms with van der Waals surface area (Å²) in [5.41, 5.74) is 10.1. The fourth-order valence-electron chi connectivity index (χ4n) is 7.88. The van der Waals surface area contributed by atoms with E-state index in [-0.39, 0.29) is 104 Å². The Bertz CT molecular complexity index is 2220. The Balaban J connectivity index is 0.000000469. The highest BCUT2D eigenvalue weighted by atomic mass is 35.5. The van der Waals surface area contributed by atoms with Gasteiger partial charge >= 0.3 is 17.9 Å². The molecule has 0 saturated carbocycles. The van der Waals surface area contributed by atoms with E-state index in [1.165, 1.54) is 42.3 Å². The summed E-state index contributed by atoms with van der Waals surface area (Å²) in [5, 5.41) is 0. The first-order valence-corrected chi connectivity index (χ1v) is 25.3. The lowest BCUT2D eigenvalue weighted by atomic mass is 9.91. The molecule has 388 valence electrons. The molecule has 0 amide bonds. The Hall–Kier alpha value is -3.66. The first-order chi connectivity index (χ1) is 31.5. The van der Waals surface area contributed by atoms with E-state index in [9.17, 15) is 14.4 Å². The first kappa shape index (κ1) is 62.5. The van der Waals surface area contributed by atoms with Crippen LogP contribution < -0.4 is 15.5 Å². The molecule has 4 aromatic rings. The summed E-state index contributed by atoms with van der Waals surface area (Å²) in [5.74, 6) is -1.08. The van der Waals surface area contributed by atoms with Gasteiger partial charge in [0.15, 0.2) is 0 Å². The zero-order chi connectivity index (χ0) is 49.3. The number of esters is 3. The van der Waals surface area contributed by atoms with Crippen molar-refractivity contribution >= 4 is 101 Å². The molecular formula is C54H80Cl3N5O6S2+2. The van der Waals surface area contributed by atoms with Crippen LogP contribution >= 0.6 is 60.7 Å². The minimum absolute atomic E-state index is 0. The number of rotatable bonds is 18. The molecule has 0 aliphatic carbocycles. The molecule has 70 heavy (non-hydrogen) atoms. The Kier molecular flexibility index (Phi) is 24.5. The van der Waals surface area contributed by atoms with Crippen molar-refractivity contribution in [2.24, 2.45) is 29.4 Å². The van der Waals surface area contributed by atoms with Gasteiger partial charge in [-0.1, -0.05) is 99.7 Å². The molecule has 0 saturated heterocycles. The van der Waals surface area contributed by atoms with Crippen LogP contribution in [0.3, 0.4) is 0 Å². The van der Waals surface area contributed by atoms with Crippen molar-refractivity contribution in [3.8, 4) is 0 Å². The Morgan fingerprint density at radius 1 is 0.557 bits per heavy atom. The van der Waals surface area contributed by atoms with Crippen molar-refractivity contribution in [2.75, 3.05) is 71.1 Å². The average Bonchev–Trinajstić information content (AvgIpc) is 3.27. The van der Waals surface area contributed by atoms with Gasteiger partial charge in [0, 0.05) is 32.5 Å². The van der Waals surface area contributed by atoms with Gasteiger partial charge in [-0.25, -0.2) is 0 Å².